The molecule has 0 bridgehead atoms. The van der Waals surface area contributed by atoms with E-state index >= 15 is 0 Å². The first-order valence-electron chi connectivity index (χ1n) is 8.07. The fourth-order valence-corrected chi connectivity index (χ4v) is 2.85. The predicted molar refractivity (Wildman–Crippen MR) is 97.8 cm³/mol. The summed E-state index contributed by atoms with van der Waals surface area (Å²) in [7, 11) is 0. The third-order valence-corrected chi connectivity index (χ3v) is 4.22. The van der Waals surface area contributed by atoms with Gasteiger partial charge in [-0.3, -0.25) is 9.59 Å². The van der Waals surface area contributed by atoms with Gasteiger partial charge in [0.1, 0.15) is 12.0 Å². The lowest BCUT2D eigenvalue weighted by molar-refractivity contribution is -0.117. The van der Waals surface area contributed by atoms with Gasteiger partial charge in [-0.05, 0) is 37.1 Å². The summed E-state index contributed by atoms with van der Waals surface area (Å²) >= 11 is 0. The summed E-state index contributed by atoms with van der Waals surface area (Å²) in [4.78, 5) is 26.0. The van der Waals surface area contributed by atoms with Crippen molar-refractivity contribution in [1.29, 1.82) is 0 Å². The lowest BCUT2D eigenvalue weighted by Gasteiger charge is -2.19. The first kappa shape index (κ1) is 19.0. The van der Waals surface area contributed by atoms with Crippen molar-refractivity contribution < 1.29 is 14.0 Å². The van der Waals surface area contributed by atoms with Crippen LogP contribution < -0.4 is 16.0 Å². The quantitative estimate of drug-likeness (QED) is 0.854. The number of anilines is 1. The summed E-state index contributed by atoms with van der Waals surface area (Å²) in [6.07, 6.45) is 2.89. The number of carbonyl (C=O) groups excluding carboxylic acids is 2. The minimum Gasteiger partial charge on any atom is -0.467 e. The molecule has 1 aliphatic rings. The maximum atomic E-state index is 12.3. The van der Waals surface area contributed by atoms with Crippen LogP contribution in [0.15, 0.2) is 41.0 Å². The number of amides is 2. The van der Waals surface area contributed by atoms with Crippen molar-refractivity contribution in [3.05, 3.63) is 53.5 Å². The lowest BCUT2D eigenvalue weighted by Crippen LogP contribution is -2.27. The number of nitrogens with one attached hydrogen (secondary N) is 1. The Morgan fingerprint density at radius 3 is 2.84 bits per heavy atom. The van der Waals surface area contributed by atoms with E-state index in [4.69, 9.17) is 10.2 Å². The zero-order valence-electron chi connectivity index (χ0n) is 14.0. The van der Waals surface area contributed by atoms with Gasteiger partial charge in [0.2, 0.25) is 5.91 Å². The van der Waals surface area contributed by atoms with Gasteiger partial charge in [0.25, 0.3) is 5.91 Å². The minimum atomic E-state index is -0.214. The third-order valence-electron chi connectivity index (χ3n) is 4.22. The Hall–Kier alpha value is -2.31. The van der Waals surface area contributed by atoms with Gasteiger partial charge < -0.3 is 20.4 Å². The minimum absolute atomic E-state index is 0. The third kappa shape index (κ3) is 4.21. The molecular formula is C18H22ClN3O3. The van der Waals surface area contributed by atoms with Crippen LogP contribution >= 0.6 is 12.4 Å². The second kappa shape index (κ2) is 8.18. The van der Waals surface area contributed by atoms with Crippen LogP contribution in [0, 0.1) is 0 Å². The molecule has 1 saturated heterocycles. The van der Waals surface area contributed by atoms with Crippen molar-refractivity contribution in [3.63, 3.8) is 0 Å². The fraction of sp³-hybridized carbons (Fsp3) is 0.333. The largest absolute Gasteiger partial charge is 0.467 e. The van der Waals surface area contributed by atoms with Crippen LogP contribution in [0.1, 0.15) is 47.5 Å². The summed E-state index contributed by atoms with van der Waals surface area (Å²) in [5, 5.41) is 2.94. The van der Waals surface area contributed by atoms with E-state index in [1.807, 2.05) is 31.2 Å². The molecule has 6 nitrogen and oxygen atoms in total. The molecule has 0 spiro atoms. The molecule has 3 N–H and O–H groups in total. The monoisotopic (exact) mass is 363 g/mol. The Bertz CT molecular complexity index is 760. The first-order chi connectivity index (χ1) is 11.6. The number of hydrogen-bond donors (Lipinski definition) is 2. The average Bonchev–Trinajstić information content (AvgIpc) is 3.23. The Morgan fingerprint density at radius 2 is 2.20 bits per heavy atom. The molecule has 0 saturated carbocycles. The van der Waals surface area contributed by atoms with Gasteiger partial charge in [-0.25, -0.2) is 0 Å². The van der Waals surface area contributed by atoms with Gasteiger partial charge in [0.15, 0.2) is 0 Å². The van der Waals surface area contributed by atoms with Crippen molar-refractivity contribution in [2.45, 2.75) is 32.4 Å². The van der Waals surface area contributed by atoms with Crippen LogP contribution in [0.3, 0.4) is 0 Å². The standard InChI is InChI=1S/C18H21N3O3.ClH/c1-12(20-18(23)14-9-16(10-19)24-11-14)13-4-2-5-15(8-13)21-7-3-6-17(21)22;/h2,4-5,8-9,11-12H,3,6-7,10,19H2,1H3,(H,20,23);1H. The zero-order chi connectivity index (χ0) is 17.1. The molecule has 1 aliphatic heterocycles. The molecule has 25 heavy (non-hydrogen) atoms. The summed E-state index contributed by atoms with van der Waals surface area (Å²) in [6, 6.07) is 9.17. The second-order valence-electron chi connectivity index (χ2n) is 5.94. The van der Waals surface area contributed by atoms with Gasteiger partial charge in [-0.2, -0.15) is 0 Å². The molecule has 134 valence electrons. The topological polar surface area (TPSA) is 88.6 Å². The average molecular weight is 364 g/mol. The molecule has 1 atom stereocenters. The van der Waals surface area contributed by atoms with E-state index in [0.29, 0.717) is 17.7 Å². The van der Waals surface area contributed by atoms with Gasteiger partial charge in [0.05, 0.1) is 18.2 Å². The van der Waals surface area contributed by atoms with Gasteiger partial charge >= 0.3 is 0 Å². The van der Waals surface area contributed by atoms with Crippen LogP contribution in [-0.2, 0) is 11.3 Å². The van der Waals surface area contributed by atoms with Crippen LogP contribution in [0.4, 0.5) is 5.69 Å². The van der Waals surface area contributed by atoms with E-state index in [1.54, 1.807) is 11.0 Å². The fourth-order valence-electron chi connectivity index (χ4n) is 2.85. The van der Waals surface area contributed by atoms with Crippen molar-refractivity contribution in [3.8, 4) is 0 Å². The highest BCUT2D eigenvalue weighted by molar-refractivity contribution is 5.95. The summed E-state index contributed by atoms with van der Waals surface area (Å²) in [5.74, 6) is 0.507. The number of benzene rings is 1. The second-order valence-corrected chi connectivity index (χ2v) is 5.94. The summed E-state index contributed by atoms with van der Waals surface area (Å²) in [6.45, 7) is 2.92. The van der Waals surface area contributed by atoms with E-state index in [0.717, 1.165) is 24.2 Å². The molecule has 0 radical (unpaired) electrons. The first-order valence-corrected chi connectivity index (χ1v) is 8.07. The Labute approximate surface area is 152 Å². The summed E-state index contributed by atoms with van der Waals surface area (Å²) in [5.41, 5.74) is 7.76. The number of nitrogens with zero attached hydrogens (tertiary/aromatic N) is 1. The van der Waals surface area contributed by atoms with E-state index < -0.39 is 0 Å². The SMILES string of the molecule is CC(NC(=O)c1coc(CN)c1)c1cccc(N2CCCC2=O)c1.Cl. The highest BCUT2D eigenvalue weighted by atomic mass is 35.5. The molecule has 2 aromatic rings. The molecule has 1 fully saturated rings. The number of hydrogen-bond acceptors (Lipinski definition) is 4. The van der Waals surface area contributed by atoms with E-state index in [-0.39, 0.29) is 36.8 Å². The van der Waals surface area contributed by atoms with Crippen LogP contribution in [0.25, 0.3) is 0 Å². The molecule has 1 aromatic heterocycles. The molecular weight excluding hydrogens is 342 g/mol. The Balaban J connectivity index is 0.00000225. The van der Waals surface area contributed by atoms with Crippen molar-refractivity contribution in [1.82, 2.24) is 5.32 Å². The molecule has 1 aromatic carbocycles. The number of halogens is 1. The highest BCUT2D eigenvalue weighted by Gasteiger charge is 2.22. The van der Waals surface area contributed by atoms with E-state index in [1.165, 1.54) is 6.26 Å². The number of carbonyl (C=O) groups is 2. The molecule has 3 rings (SSSR count). The predicted octanol–water partition coefficient (Wildman–Crippen LogP) is 2.78. The lowest BCUT2D eigenvalue weighted by atomic mass is 10.1. The molecule has 2 heterocycles. The van der Waals surface area contributed by atoms with Gasteiger partial charge in [-0.1, -0.05) is 12.1 Å². The maximum absolute atomic E-state index is 12.3. The smallest absolute Gasteiger partial charge is 0.255 e. The number of furan rings is 1. The number of nitrogens with two attached hydrogens (primary N) is 1. The maximum Gasteiger partial charge on any atom is 0.255 e. The van der Waals surface area contributed by atoms with Crippen LogP contribution in [0.2, 0.25) is 0 Å². The zero-order valence-corrected chi connectivity index (χ0v) is 14.8. The van der Waals surface area contributed by atoms with Crippen molar-refractivity contribution in [2.24, 2.45) is 5.73 Å². The Kier molecular flexibility index (Phi) is 6.22. The van der Waals surface area contributed by atoms with E-state index in [9.17, 15) is 9.59 Å². The van der Waals surface area contributed by atoms with Gasteiger partial charge in [-0.15, -0.1) is 12.4 Å². The van der Waals surface area contributed by atoms with Crippen LogP contribution in [-0.4, -0.2) is 18.4 Å². The van der Waals surface area contributed by atoms with Crippen LogP contribution in [0.5, 0.6) is 0 Å². The normalized spacial score (nSPS) is 15.0. The molecule has 2 amide bonds. The van der Waals surface area contributed by atoms with Crippen molar-refractivity contribution >= 4 is 29.9 Å². The Morgan fingerprint density at radius 1 is 1.40 bits per heavy atom. The molecule has 7 heteroatoms. The van der Waals surface area contributed by atoms with E-state index in [2.05, 4.69) is 5.32 Å². The molecule has 1 unspecified atom stereocenters. The molecule has 0 aliphatic carbocycles. The van der Waals surface area contributed by atoms with Gasteiger partial charge in [0, 0.05) is 18.7 Å². The van der Waals surface area contributed by atoms with Crippen molar-refractivity contribution in [2.75, 3.05) is 11.4 Å². The highest BCUT2D eigenvalue weighted by Crippen LogP contribution is 2.25. The summed E-state index contributed by atoms with van der Waals surface area (Å²) < 4.78 is 5.19. The number of rotatable bonds is 5.